The van der Waals surface area contributed by atoms with E-state index in [4.69, 9.17) is 16.6 Å². The van der Waals surface area contributed by atoms with Crippen molar-refractivity contribution >= 4 is 35.7 Å². The van der Waals surface area contributed by atoms with Crippen molar-refractivity contribution in [2.45, 2.75) is 0 Å². The fourth-order valence-corrected chi connectivity index (χ4v) is 0.972. The second-order valence-corrected chi connectivity index (χ2v) is 2.97. The Balaban J connectivity index is 0.00000289. The summed E-state index contributed by atoms with van der Waals surface area (Å²) in [5.74, 6) is -0.477. The van der Waals surface area contributed by atoms with Crippen molar-refractivity contribution in [3.05, 3.63) is 34.4 Å². The van der Waals surface area contributed by atoms with Crippen LogP contribution in [0.2, 0.25) is 0 Å². The van der Waals surface area contributed by atoms with Crippen molar-refractivity contribution in [2.24, 2.45) is 5.73 Å². The Morgan fingerprint density at radius 1 is 1.22 bits per heavy atom. The van der Waals surface area contributed by atoms with Gasteiger partial charge in [-0.25, -0.2) is 0 Å². The maximum atomic E-state index is 10.4. The number of hydrazine groups is 1. The van der Waals surface area contributed by atoms with Crippen molar-refractivity contribution in [1.82, 2.24) is 10.9 Å². The van der Waals surface area contributed by atoms with Crippen LogP contribution in [-0.4, -0.2) is 16.8 Å². The zero-order valence-corrected chi connectivity index (χ0v) is 9.88. The van der Waals surface area contributed by atoms with Gasteiger partial charge in [0.25, 0.3) is 5.69 Å². The molecule has 10 heteroatoms. The van der Waals surface area contributed by atoms with Crippen LogP contribution in [0.25, 0.3) is 0 Å². The maximum absolute atomic E-state index is 10.4. The van der Waals surface area contributed by atoms with Gasteiger partial charge in [0, 0.05) is 17.8 Å². The van der Waals surface area contributed by atoms with E-state index in [0.29, 0.717) is 5.69 Å². The van der Waals surface area contributed by atoms with Gasteiger partial charge in [-0.05, 0) is 12.1 Å². The minimum absolute atomic E-state index is 0. The fourth-order valence-electron chi connectivity index (χ4n) is 0.972. The first kappa shape index (κ1) is 15.4. The Morgan fingerprint density at radius 3 is 2.22 bits per heavy atom. The van der Waals surface area contributed by atoms with Gasteiger partial charge in [0.15, 0.2) is 0 Å². The van der Waals surface area contributed by atoms with Crippen molar-refractivity contribution in [3.8, 4) is 0 Å². The lowest BCUT2D eigenvalue weighted by atomic mass is 10.3. The van der Waals surface area contributed by atoms with E-state index in [1.807, 2.05) is 0 Å². The molecule has 0 aliphatic rings. The van der Waals surface area contributed by atoms with Crippen LogP contribution in [0.3, 0.4) is 0 Å². The lowest BCUT2D eigenvalue weighted by molar-refractivity contribution is -0.384. The van der Waals surface area contributed by atoms with Gasteiger partial charge in [0.05, 0.1) is 4.92 Å². The minimum Gasteiger partial charge on any atom is -0.369 e. The molecule has 18 heavy (non-hydrogen) atoms. The number of rotatable bonds is 2. The first-order valence-corrected chi connectivity index (χ1v) is 4.45. The van der Waals surface area contributed by atoms with Gasteiger partial charge in [0.1, 0.15) is 0 Å². The van der Waals surface area contributed by atoms with E-state index in [9.17, 15) is 10.1 Å². The van der Waals surface area contributed by atoms with Crippen LogP contribution in [0.1, 0.15) is 0 Å². The van der Waals surface area contributed by atoms with Crippen LogP contribution in [0.15, 0.2) is 24.3 Å². The molecule has 0 atom stereocenters. The van der Waals surface area contributed by atoms with Crippen LogP contribution < -0.4 is 21.9 Å². The molecule has 0 aliphatic carbocycles. The summed E-state index contributed by atoms with van der Waals surface area (Å²) in [7, 11) is 0. The molecule has 1 aromatic carbocycles. The molecule has 1 aromatic rings. The molecule has 9 nitrogen and oxygen atoms in total. The van der Waals surface area contributed by atoms with Crippen molar-refractivity contribution < 1.29 is 4.92 Å². The van der Waals surface area contributed by atoms with E-state index in [-0.39, 0.29) is 30.0 Å². The quantitative estimate of drug-likeness (QED) is 0.198. The molecule has 0 radical (unpaired) electrons. The summed E-state index contributed by atoms with van der Waals surface area (Å²) in [6, 6.07) is 5.55. The monoisotopic (exact) mass is 273 g/mol. The van der Waals surface area contributed by atoms with Gasteiger partial charge in [-0.1, -0.05) is 0 Å². The number of nitro groups is 1. The van der Waals surface area contributed by atoms with Crippen LogP contribution in [0.4, 0.5) is 11.4 Å². The summed E-state index contributed by atoms with van der Waals surface area (Å²) in [5, 5.41) is 27.2. The third kappa shape index (κ3) is 4.99. The zero-order chi connectivity index (χ0) is 12.8. The summed E-state index contributed by atoms with van der Waals surface area (Å²) < 4.78 is 0. The molecule has 0 saturated carbocycles. The van der Waals surface area contributed by atoms with E-state index >= 15 is 0 Å². The highest BCUT2D eigenvalue weighted by atomic mass is 35.5. The highest BCUT2D eigenvalue weighted by Gasteiger charge is 2.04. The molecule has 7 N–H and O–H groups in total. The topological polar surface area (TPSA) is 153 Å². The minimum atomic E-state index is -0.509. The molecule has 0 fully saturated rings. The third-order valence-corrected chi connectivity index (χ3v) is 1.67. The molecule has 0 unspecified atom stereocenters. The van der Waals surface area contributed by atoms with E-state index < -0.39 is 4.92 Å². The number of nitrogens with two attached hydrogens (primary N) is 1. The van der Waals surface area contributed by atoms with E-state index in [1.165, 1.54) is 24.3 Å². The van der Waals surface area contributed by atoms with Gasteiger partial charge in [-0.3, -0.25) is 31.8 Å². The summed E-state index contributed by atoms with van der Waals surface area (Å²) in [4.78, 5) is 9.89. The molecule has 0 aliphatic heterocycles. The average Bonchev–Trinajstić information content (AvgIpc) is 2.27. The van der Waals surface area contributed by atoms with E-state index in [1.54, 1.807) is 0 Å². The summed E-state index contributed by atoms with van der Waals surface area (Å²) in [5.41, 5.74) is 9.98. The van der Waals surface area contributed by atoms with E-state index in [2.05, 4.69) is 16.2 Å². The number of guanidine groups is 2. The number of nitrogens with one attached hydrogen (secondary N) is 5. The Morgan fingerprint density at radius 2 is 1.78 bits per heavy atom. The molecular weight excluding hydrogens is 262 g/mol. The lowest BCUT2D eigenvalue weighted by Gasteiger charge is -2.10. The van der Waals surface area contributed by atoms with E-state index in [0.717, 1.165) is 0 Å². The Kier molecular flexibility index (Phi) is 5.93. The number of hydrogen-bond donors (Lipinski definition) is 6. The van der Waals surface area contributed by atoms with Crippen LogP contribution in [-0.2, 0) is 0 Å². The van der Waals surface area contributed by atoms with Crippen LogP contribution in [0.5, 0.6) is 0 Å². The zero-order valence-electron chi connectivity index (χ0n) is 9.06. The lowest BCUT2D eigenvalue weighted by Crippen LogP contribution is -2.47. The molecule has 0 bridgehead atoms. The van der Waals surface area contributed by atoms with Crippen molar-refractivity contribution in [2.75, 3.05) is 5.32 Å². The van der Waals surface area contributed by atoms with Gasteiger partial charge in [0.2, 0.25) is 11.9 Å². The van der Waals surface area contributed by atoms with Gasteiger partial charge < -0.3 is 11.1 Å². The van der Waals surface area contributed by atoms with Crippen LogP contribution >= 0.6 is 12.4 Å². The second kappa shape index (κ2) is 6.91. The number of nitrogens with zero attached hydrogens (tertiary/aromatic N) is 1. The molecule has 0 amide bonds. The van der Waals surface area contributed by atoms with Gasteiger partial charge in [-0.15, -0.1) is 12.4 Å². The SMILES string of the molecule is Cl.N=C(N)NNC(=N)Nc1ccc([N+](=O)[O-])cc1. The number of anilines is 1. The molecule has 98 valence electrons. The Bertz CT molecular complexity index is 447. The number of benzene rings is 1. The third-order valence-electron chi connectivity index (χ3n) is 1.67. The number of halogens is 1. The molecule has 0 heterocycles. The van der Waals surface area contributed by atoms with Crippen molar-refractivity contribution in [3.63, 3.8) is 0 Å². The normalized spacial score (nSPS) is 8.67. The summed E-state index contributed by atoms with van der Waals surface area (Å²) in [6.07, 6.45) is 0. The predicted octanol–water partition coefficient (Wildman–Crippen LogP) is 0.351. The Labute approximate surface area is 108 Å². The number of nitro benzene ring substituents is 1. The highest BCUT2D eigenvalue weighted by molar-refractivity contribution is 5.92. The van der Waals surface area contributed by atoms with Gasteiger partial charge in [-0.2, -0.15) is 0 Å². The predicted molar refractivity (Wildman–Crippen MR) is 69.9 cm³/mol. The maximum Gasteiger partial charge on any atom is 0.269 e. The Hall–Kier alpha value is -2.55. The van der Waals surface area contributed by atoms with Crippen molar-refractivity contribution in [1.29, 1.82) is 10.8 Å². The fraction of sp³-hybridized carbons (Fsp3) is 0. The molecule has 1 rings (SSSR count). The first-order valence-electron chi connectivity index (χ1n) is 4.45. The summed E-state index contributed by atoms with van der Waals surface area (Å²) >= 11 is 0. The molecular formula is C8H12ClN7O2. The largest absolute Gasteiger partial charge is 0.369 e. The van der Waals surface area contributed by atoms with Crippen LogP contribution in [0, 0.1) is 20.9 Å². The average molecular weight is 274 g/mol. The first-order chi connectivity index (χ1) is 7.99. The summed E-state index contributed by atoms with van der Waals surface area (Å²) in [6.45, 7) is 0. The molecule has 0 saturated heterocycles. The standard InChI is InChI=1S/C8H11N7O2.ClH/c9-7(10)13-14-8(11)12-5-1-3-6(4-2-5)15(16)17;/h1-4H,(H4,9,10,13)(H3,11,12,14);1H. The van der Waals surface area contributed by atoms with Gasteiger partial charge >= 0.3 is 0 Å². The molecule has 0 aromatic heterocycles. The highest BCUT2D eigenvalue weighted by Crippen LogP contribution is 2.14. The molecule has 0 spiro atoms. The number of non-ortho nitro benzene ring substituents is 1. The smallest absolute Gasteiger partial charge is 0.269 e. The number of hydrogen-bond acceptors (Lipinski definition) is 4. The second-order valence-electron chi connectivity index (χ2n) is 2.97.